The maximum Gasteiger partial charge on any atom is 0.283 e. The standard InChI is InChI=1S/C23H24BrN5OS/c1-4-5-6-7-20-27-29-21(25)19(22(30)26-23(29)31-20)13-16-12-14(2)28(15(16)3)18-10-8-17(24)9-11-18/h8-13,25H,4-7H2,1-3H3/b19-13+,25-21?. The monoisotopic (exact) mass is 497 g/mol. The summed E-state index contributed by atoms with van der Waals surface area (Å²) >= 11 is 4.87. The minimum atomic E-state index is -0.387. The molecule has 1 aromatic heterocycles. The number of aliphatic imine (C=N–C) groups is 1. The summed E-state index contributed by atoms with van der Waals surface area (Å²) in [6.07, 6.45) is 5.94. The van der Waals surface area contributed by atoms with E-state index in [1.807, 2.05) is 44.2 Å². The summed E-state index contributed by atoms with van der Waals surface area (Å²) in [6.45, 7) is 6.21. The third-order valence-corrected chi connectivity index (χ3v) is 6.84. The van der Waals surface area contributed by atoms with Crippen LogP contribution in [0.2, 0.25) is 0 Å². The summed E-state index contributed by atoms with van der Waals surface area (Å²) in [5.74, 6) is -0.302. The molecule has 3 heterocycles. The van der Waals surface area contributed by atoms with E-state index in [2.05, 4.69) is 37.5 Å². The molecular weight excluding hydrogens is 474 g/mol. The van der Waals surface area contributed by atoms with Crippen LogP contribution >= 0.6 is 27.7 Å². The second kappa shape index (κ2) is 8.96. The molecule has 160 valence electrons. The van der Waals surface area contributed by atoms with Gasteiger partial charge in [-0.25, -0.2) is 0 Å². The number of rotatable bonds is 6. The molecule has 8 heteroatoms. The number of unbranched alkanes of at least 4 members (excludes halogenated alkanes) is 2. The topological polar surface area (TPSA) is 73.8 Å². The molecule has 0 saturated carbocycles. The highest BCUT2D eigenvalue weighted by Gasteiger charge is 2.35. The molecule has 0 aliphatic carbocycles. The Kier molecular flexibility index (Phi) is 6.29. The highest BCUT2D eigenvalue weighted by atomic mass is 79.9. The number of fused-ring (bicyclic) bond motifs is 1. The van der Waals surface area contributed by atoms with Gasteiger partial charge in [0.1, 0.15) is 5.04 Å². The van der Waals surface area contributed by atoms with Gasteiger partial charge < -0.3 is 4.57 Å². The second-order valence-corrected chi connectivity index (χ2v) is 9.57. The van der Waals surface area contributed by atoms with Gasteiger partial charge in [0, 0.05) is 21.5 Å². The van der Waals surface area contributed by atoms with Gasteiger partial charge in [0.15, 0.2) is 5.84 Å². The molecule has 1 N–H and O–H groups in total. The number of carbonyl (C=O) groups excluding carboxylic acids is 1. The summed E-state index contributed by atoms with van der Waals surface area (Å²) in [7, 11) is 0. The van der Waals surface area contributed by atoms with Crippen molar-refractivity contribution in [2.24, 2.45) is 10.1 Å². The van der Waals surface area contributed by atoms with Gasteiger partial charge in [-0.1, -0.05) is 35.7 Å². The molecule has 0 unspecified atom stereocenters. The predicted octanol–water partition coefficient (Wildman–Crippen LogP) is 6.06. The predicted molar refractivity (Wildman–Crippen MR) is 132 cm³/mol. The first kappa shape index (κ1) is 21.8. The van der Waals surface area contributed by atoms with Crippen molar-refractivity contribution < 1.29 is 4.79 Å². The van der Waals surface area contributed by atoms with Crippen LogP contribution in [0.4, 0.5) is 0 Å². The van der Waals surface area contributed by atoms with Crippen LogP contribution in [0.5, 0.6) is 0 Å². The second-order valence-electron chi connectivity index (χ2n) is 7.61. The van der Waals surface area contributed by atoms with Gasteiger partial charge in [-0.05, 0) is 80.4 Å². The van der Waals surface area contributed by atoms with Crippen LogP contribution in [-0.4, -0.2) is 31.5 Å². The number of hydrogen-bond acceptors (Lipinski definition) is 4. The summed E-state index contributed by atoms with van der Waals surface area (Å²) < 4.78 is 3.16. The zero-order chi connectivity index (χ0) is 22.1. The molecule has 0 spiro atoms. The van der Waals surface area contributed by atoms with Crippen LogP contribution < -0.4 is 0 Å². The third kappa shape index (κ3) is 4.32. The number of carbonyl (C=O) groups is 1. The lowest BCUT2D eigenvalue weighted by Gasteiger charge is -2.20. The molecule has 2 aliphatic rings. The van der Waals surface area contributed by atoms with Gasteiger partial charge in [0.25, 0.3) is 5.91 Å². The summed E-state index contributed by atoms with van der Waals surface area (Å²) in [5.41, 5.74) is 4.26. The Morgan fingerprint density at radius 2 is 1.94 bits per heavy atom. The van der Waals surface area contributed by atoms with Crippen molar-refractivity contribution in [3.63, 3.8) is 0 Å². The number of amides is 1. The van der Waals surface area contributed by atoms with Crippen LogP contribution in [0.15, 0.2) is 50.5 Å². The van der Waals surface area contributed by atoms with Crippen LogP contribution in [0, 0.1) is 19.3 Å². The molecule has 2 aromatic rings. The fraction of sp³-hybridized carbons (Fsp3) is 0.304. The van der Waals surface area contributed by atoms with Crippen LogP contribution in [0.3, 0.4) is 0 Å². The Bertz CT molecular complexity index is 1140. The van der Waals surface area contributed by atoms with Crippen LogP contribution in [0.25, 0.3) is 11.8 Å². The SMILES string of the molecule is CCCCCC1=NN2C(=N)/C(=C\c3cc(C)n(-c4ccc(Br)cc4)c3C)C(=O)N=C2S1. The number of halogens is 1. The molecule has 0 saturated heterocycles. The molecule has 1 aromatic carbocycles. The van der Waals surface area contributed by atoms with Gasteiger partial charge >= 0.3 is 0 Å². The highest BCUT2D eigenvalue weighted by molar-refractivity contribution is 9.10. The Morgan fingerprint density at radius 3 is 2.65 bits per heavy atom. The molecular formula is C23H24BrN5OS. The van der Waals surface area contributed by atoms with E-state index in [4.69, 9.17) is 5.41 Å². The molecule has 4 rings (SSSR count). The quantitative estimate of drug-likeness (QED) is 0.389. The van der Waals surface area contributed by atoms with Crippen molar-refractivity contribution in [3.8, 4) is 5.69 Å². The highest BCUT2D eigenvalue weighted by Crippen LogP contribution is 2.31. The number of thioether (sulfide) groups is 1. The third-order valence-electron chi connectivity index (χ3n) is 5.35. The normalized spacial score (nSPS) is 17.3. The van der Waals surface area contributed by atoms with E-state index in [0.717, 1.165) is 57.8 Å². The van der Waals surface area contributed by atoms with Gasteiger partial charge in [0.2, 0.25) is 5.17 Å². The Hall–Kier alpha value is -2.45. The van der Waals surface area contributed by atoms with E-state index in [0.29, 0.717) is 5.17 Å². The van der Waals surface area contributed by atoms with E-state index in [1.54, 1.807) is 6.08 Å². The molecule has 6 nitrogen and oxygen atoms in total. The average Bonchev–Trinajstić information content (AvgIpc) is 3.26. The lowest BCUT2D eigenvalue weighted by Crippen LogP contribution is -2.35. The Labute approximate surface area is 194 Å². The van der Waals surface area contributed by atoms with Gasteiger partial charge in [0.05, 0.1) is 5.57 Å². The minimum Gasteiger partial charge on any atom is -0.318 e. The Balaban J connectivity index is 1.64. The maximum atomic E-state index is 12.7. The number of nitrogens with zero attached hydrogens (tertiary/aromatic N) is 4. The van der Waals surface area contributed by atoms with Crippen molar-refractivity contribution in [2.45, 2.75) is 46.5 Å². The lowest BCUT2D eigenvalue weighted by molar-refractivity contribution is -0.114. The molecule has 1 amide bonds. The van der Waals surface area contributed by atoms with E-state index < -0.39 is 0 Å². The number of amidine groups is 2. The van der Waals surface area contributed by atoms with Crippen molar-refractivity contribution in [2.75, 3.05) is 0 Å². The fourth-order valence-corrected chi connectivity index (χ4v) is 4.93. The number of hydrogen-bond donors (Lipinski definition) is 1. The first-order valence-electron chi connectivity index (χ1n) is 10.3. The van der Waals surface area contributed by atoms with Gasteiger partial charge in [-0.3, -0.25) is 10.2 Å². The van der Waals surface area contributed by atoms with Crippen LogP contribution in [-0.2, 0) is 4.79 Å². The summed E-state index contributed by atoms with van der Waals surface area (Å²) in [5, 5.41) is 16.0. The largest absolute Gasteiger partial charge is 0.318 e. The van der Waals surface area contributed by atoms with E-state index in [1.165, 1.54) is 16.8 Å². The number of aryl methyl sites for hydroxylation is 1. The van der Waals surface area contributed by atoms with E-state index >= 15 is 0 Å². The lowest BCUT2D eigenvalue weighted by atomic mass is 10.1. The summed E-state index contributed by atoms with van der Waals surface area (Å²) in [6, 6.07) is 10.1. The number of nitrogens with one attached hydrogen (secondary N) is 1. The summed E-state index contributed by atoms with van der Waals surface area (Å²) in [4.78, 5) is 16.9. The fourth-order valence-electron chi connectivity index (χ4n) is 3.74. The zero-order valence-electron chi connectivity index (χ0n) is 17.8. The van der Waals surface area contributed by atoms with Gasteiger partial charge in [-0.15, -0.1) is 0 Å². The number of hydrazone groups is 1. The molecule has 0 radical (unpaired) electrons. The molecule has 0 bridgehead atoms. The molecule has 2 aliphatic heterocycles. The van der Waals surface area contributed by atoms with E-state index in [-0.39, 0.29) is 17.3 Å². The van der Waals surface area contributed by atoms with E-state index in [9.17, 15) is 4.79 Å². The minimum absolute atomic E-state index is 0.0847. The first-order chi connectivity index (χ1) is 14.9. The number of benzene rings is 1. The average molecular weight is 498 g/mol. The van der Waals surface area contributed by atoms with Crippen molar-refractivity contribution in [3.05, 3.63) is 57.3 Å². The zero-order valence-corrected chi connectivity index (χ0v) is 20.2. The smallest absolute Gasteiger partial charge is 0.283 e. The van der Waals surface area contributed by atoms with Crippen molar-refractivity contribution in [1.82, 2.24) is 9.58 Å². The van der Waals surface area contributed by atoms with Gasteiger partial charge in [-0.2, -0.15) is 15.1 Å². The van der Waals surface area contributed by atoms with Crippen molar-refractivity contribution >= 4 is 55.7 Å². The maximum absolute atomic E-state index is 12.7. The molecule has 0 atom stereocenters. The Morgan fingerprint density at radius 1 is 1.19 bits per heavy atom. The molecule has 0 fully saturated rings. The number of aromatic nitrogens is 1. The molecule has 31 heavy (non-hydrogen) atoms. The van der Waals surface area contributed by atoms with Crippen LogP contribution in [0.1, 0.15) is 49.6 Å². The first-order valence-corrected chi connectivity index (χ1v) is 11.9. The van der Waals surface area contributed by atoms with Crippen molar-refractivity contribution in [1.29, 1.82) is 5.41 Å².